The minimum absolute atomic E-state index is 0.00553. The van der Waals surface area contributed by atoms with Crippen LogP contribution in [-0.4, -0.2) is 60.7 Å². The van der Waals surface area contributed by atoms with E-state index in [0.717, 1.165) is 36.8 Å². The topological polar surface area (TPSA) is 146 Å². The first-order chi connectivity index (χ1) is 19.1. The van der Waals surface area contributed by atoms with E-state index in [4.69, 9.17) is 15.2 Å². The van der Waals surface area contributed by atoms with Crippen LogP contribution in [0.5, 0.6) is 11.5 Å². The SMILES string of the molecule is Cn1cc(-c2ccc(C(N)=O)c(OC3CCC(NC(=O)c4cnn5cc(OCC(C)(C)O)ccc45)CC3)c2)cn1. The molecule has 3 aromatic heterocycles. The van der Waals surface area contributed by atoms with E-state index in [2.05, 4.69) is 15.5 Å². The fourth-order valence-corrected chi connectivity index (χ4v) is 4.83. The van der Waals surface area contributed by atoms with E-state index < -0.39 is 11.5 Å². The number of pyridine rings is 1. The smallest absolute Gasteiger partial charge is 0.255 e. The normalized spacial score (nSPS) is 17.5. The monoisotopic (exact) mass is 546 g/mol. The van der Waals surface area contributed by atoms with Gasteiger partial charge in [-0.2, -0.15) is 10.2 Å². The molecule has 0 atom stereocenters. The summed E-state index contributed by atoms with van der Waals surface area (Å²) in [6.45, 7) is 3.47. The fraction of sp³-hybridized carbons (Fsp3) is 0.379. The number of hydrogen-bond acceptors (Lipinski definition) is 7. The first-order valence-corrected chi connectivity index (χ1v) is 13.3. The molecule has 0 aliphatic heterocycles. The van der Waals surface area contributed by atoms with Gasteiger partial charge in [0.25, 0.3) is 11.8 Å². The van der Waals surface area contributed by atoms with Crippen LogP contribution in [0.4, 0.5) is 0 Å². The van der Waals surface area contributed by atoms with Crippen molar-refractivity contribution in [3.8, 4) is 22.6 Å². The molecule has 0 unspecified atom stereocenters. The highest BCUT2D eigenvalue weighted by atomic mass is 16.5. The summed E-state index contributed by atoms with van der Waals surface area (Å²) in [6, 6.07) is 8.88. The fourth-order valence-electron chi connectivity index (χ4n) is 4.83. The van der Waals surface area contributed by atoms with Gasteiger partial charge in [0.1, 0.15) is 18.1 Å². The Hall–Kier alpha value is -4.38. The number of benzene rings is 1. The van der Waals surface area contributed by atoms with Crippen molar-refractivity contribution in [3.63, 3.8) is 0 Å². The molecule has 0 saturated heterocycles. The number of carbonyl (C=O) groups is 2. The van der Waals surface area contributed by atoms with Crippen molar-refractivity contribution >= 4 is 17.3 Å². The molecule has 11 heteroatoms. The van der Waals surface area contributed by atoms with Crippen LogP contribution >= 0.6 is 0 Å². The molecular formula is C29H34N6O5. The molecule has 4 aromatic rings. The molecule has 40 heavy (non-hydrogen) atoms. The molecule has 210 valence electrons. The van der Waals surface area contributed by atoms with Gasteiger partial charge in [-0.15, -0.1) is 0 Å². The highest BCUT2D eigenvalue weighted by Crippen LogP contribution is 2.31. The van der Waals surface area contributed by atoms with Crippen LogP contribution in [0.25, 0.3) is 16.6 Å². The maximum atomic E-state index is 13.1. The van der Waals surface area contributed by atoms with Crippen molar-refractivity contribution in [1.29, 1.82) is 0 Å². The van der Waals surface area contributed by atoms with E-state index in [1.165, 1.54) is 0 Å². The number of primary amides is 1. The van der Waals surface area contributed by atoms with Gasteiger partial charge in [0.15, 0.2) is 0 Å². The van der Waals surface area contributed by atoms with E-state index in [9.17, 15) is 14.7 Å². The van der Waals surface area contributed by atoms with E-state index >= 15 is 0 Å². The van der Waals surface area contributed by atoms with Crippen molar-refractivity contribution in [2.75, 3.05) is 6.61 Å². The second kappa shape index (κ2) is 11.0. The zero-order valence-electron chi connectivity index (χ0n) is 22.8. The largest absolute Gasteiger partial charge is 0.490 e. The number of rotatable bonds is 9. The van der Waals surface area contributed by atoms with Crippen LogP contribution in [0, 0.1) is 0 Å². The van der Waals surface area contributed by atoms with Crippen LogP contribution in [-0.2, 0) is 7.05 Å². The highest BCUT2D eigenvalue weighted by molar-refractivity contribution is 6.00. The van der Waals surface area contributed by atoms with Crippen molar-refractivity contribution in [2.24, 2.45) is 12.8 Å². The van der Waals surface area contributed by atoms with E-state index in [0.29, 0.717) is 28.1 Å². The number of ether oxygens (including phenoxy) is 2. The molecule has 0 bridgehead atoms. The van der Waals surface area contributed by atoms with Crippen LogP contribution in [0.3, 0.4) is 0 Å². The molecule has 0 spiro atoms. The summed E-state index contributed by atoms with van der Waals surface area (Å²) in [5.41, 5.74) is 7.94. The summed E-state index contributed by atoms with van der Waals surface area (Å²) in [5.74, 6) is 0.273. The number of hydrogen-bond donors (Lipinski definition) is 3. The van der Waals surface area contributed by atoms with Gasteiger partial charge in [-0.05, 0) is 69.4 Å². The van der Waals surface area contributed by atoms with Gasteiger partial charge in [0, 0.05) is 24.8 Å². The van der Waals surface area contributed by atoms with Gasteiger partial charge < -0.3 is 25.6 Å². The first-order valence-electron chi connectivity index (χ1n) is 13.3. The number of nitrogens with one attached hydrogen (secondary N) is 1. The van der Waals surface area contributed by atoms with Gasteiger partial charge in [-0.1, -0.05) is 6.07 Å². The molecule has 1 fully saturated rings. The second-order valence-corrected chi connectivity index (χ2v) is 10.9. The molecule has 11 nitrogen and oxygen atoms in total. The maximum Gasteiger partial charge on any atom is 0.255 e. The highest BCUT2D eigenvalue weighted by Gasteiger charge is 2.26. The Labute approximate surface area is 231 Å². The minimum Gasteiger partial charge on any atom is -0.490 e. The number of aromatic nitrogens is 4. The summed E-state index contributed by atoms with van der Waals surface area (Å²) in [7, 11) is 1.85. The van der Waals surface area contributed by atoms with Crippen LogP contribution < -0.4 is 20.5 Å². The van der Waals surface area contributed by atoms with Crippen LogP contribution in [0.1, 0.15) is 60.2 Å². The van der Waals surface area contributed by atoms with Gasteiger partial charge in [-0.25, -0.2) is 4.52 Å². The molecule has 1 aliphatic rings. The molecular weight excluding hydrogens is 512 g/mol. The van der Waals surface area contributed by atoms with Gasteiger partial charge in [0.2, 0.25) is 0 Å². The average molecular weight is 547 g/mol. The van der Waals surface area contributed by atoms with Crippen LogP contribution in [0.15, 0.2) is 55.1 Å². The molecule has 0 radical (unpaired) electrons. The predicted octanol–water partition coefficient (Wildman–Crippen LogP) is 3.10. The van der Waals surface area contributed by atoms with Crippen LogP contribution in [0.2, 0.25) is 0 Å². The van der Waals surface area contributed by atoms with Crippen molar-refractivity contribution in [3.05, 3.63) is 66.2 Å². The van der Waals surface area contributed by atoms with Gasteiger partial charge >= 0.3 is 0 Å². The maximum absolute atomic E-state index is 13.1. The van der Waals surface area contributed by atoms with E-state index in [1.807, 2.05) is 25.4 Å². The number of fused-ring (bicyclic) bond motifs is 1. The van der Waals surface area contributed by atoms with E-state index in [-0.39, 0.29) is 24.7 Å². The predicted molar refractivity (Wildman–Crippen MR) is 148 cm³/mol. The molecule has 1 saturated carbocycles. The molecule has 4 N–H and O–H groups in total. The Morgan fingerprint density at radius 2 is 1.82 bits per heavy atom. The third-order valence-corrected chi connectivity index (χ3v) is 6.91. The Kier molecular flexibility index (Phi) is 7.49. The molecule has 5 rings (SSSR count). The lowest BCUT2D eigenvalue weighted by Gasteiger charge is -2.30. The lowest BCUT2D eigenvalue weighted by atomic mass is 9.92. The summed E-state index contributed by atoms with van der Waals surface area (Å²) in [5, 5.41) is 21.5. The Morgan fingerprint density at radius 3 is 2.50 bits per heavy atom. The number of amides is 2. The van der Waals surface area contributed by atoms with Crippen molar-refractivity contribution in [2.45, 2.75) is 57.3 Å². The third kappa shape index (κ3) is 6.26. The molecule has 3 heterocycles. The Morgan fingerprint density at radius 1 is 1.05 bits per heavy atom. The van der Waals surface area contributed by atoms with Crippen molar-refractivity contribution in [1.82, 2.24) is 24.7 Å². The standard InChI is InChI=1S/C29H34N6O5/c1-29(2,38)17-39-22-9-11-25-24(14-32-35(25)16-22)28(37)33-20-5-7-21(8-6-20)40-26-12-18(4-10-23(26)27(30)36)19-13-31-34(3)15-19/h4,9-16,20-21,38H,5-8,17H2,1-3H3,(H2,30,36)(H,33,37). The second-order valence-electron chi connectivity index (χ2n) is 10.9. The summed E-state index contributed by atoms with van der Waals surface area (Å²) in [6.07, 6.45) is 9.68. The Balaban J connectivity index is 1.19. The minimum atomic E-state index is -0.956. The molecule has 1 aliphatic carbocycles. The zero-order chi connectivity index (χ0) is 28.4. The number of nitrogens with zero attached hydrogens (tertiary/aromatic N) is 4. The van der Waals surface area contributed by atoms with Gasteiger partial charge in [-0.3, -0.25) is 14.3 Å². The summed E-state index contributed by atoms with van der Waals surface area (Å²) < 4.78 is 15.2. The molecule has 2 amide bonds. The molecule has 1 aromatic carbocycles. The van der Waals surface area contributed by atoms with Crippen molar-refractivity contribution < 1.29 is 24.2 Å². The summed E-state index contributed by atoms with van der Waals surface area (Å²) in [4.78, 5) is 25.1. The Bertz CT molecular complexity index is 1530. The van der Waals surface area contributed by atoms with E-state index in [1.54, 1.807) is 59.8 Å². The number of nitrogens with two attached hydrogens (primary N) is 1. The number of aliphatic hydroxyl groups is 1. The summed E-state index contributed by atoms with van der Waals surface area (Å²) >= 11 is 0. The number of aryl methyl sites for hydroxylation is 1. The number of carbonyl (C=O) groups excluding carboxylic acids is 2. The average Bonchev–Trinajstić information content (AvgIpc) is 3.54. The third-order valence-electron chi connectivity index (χ3n) is 6.91. The zero-order valence-corrected chi connectivity index (χ0v) is 22.8. The van der Waals surface area contributed by atoms with Gasteiger partial charge in [0.05, 0.1) is 46.9 Å². The quantitative estimate of drug-likeness (QED) is 0.292. The lowest BCUT2D eigenvalue weighted by Crippen LogP contribution is -2.39. The lowest BCUT2D eigenvalue weighted by molar-refractivity contribution is 0.0283. The first kappa shape index (κ1) is 27.2.